The number of benzene rings is 1. The Balaban J connectivity index is 1.47. The van der Waals surface area contributed by atoms with Crippen LogP contribution in [0.3, 0.4) is 0 Å². The maximum atomic E-state index is 11.9. The zero-order chi connectivity index (χ0) is 18.2. The van der Waals surface area contributed by atoms with Crippen LogP contribution in [0.5, 0.6) is 11.6 Å². The predicted octanol–water partition coefficient (Wildman–Crippen LogP) is 3.94. The lowest BCUT2D eigenvalue weighted by atomic mass is 10.1. The molecule has 3 aromatic rings. The molecule has 0 saturated carbocycles. The molecule has 0 aliphatic rings. The van der Waals surface area contributed by atoms with Crippen LogP contribution in [-0.2, 0) is 6.42 Å². The molecule has 0 aliphatic carbocycles. The van der Waals surface area contributed by atoms with Crippen molar-refractivity contribution in [2.45, 2.75) is 13.3 Å². The normalized spacial score (nSPS) is 10.2. The lowest BCUT2D eigenvalue weighted by molar-refractivity contribution is 0.252. The Morgan fingerprint density at radius 1 is 1.04 bits per heavy atom. The average molecular weight is 348 g/mol. The fourth-order valence-corrected chi connectivity index (χ4v) is 2.34. The number of pyridine rings is 2. The number of carbonyl (C=O) groups is 1. The highest BCUT2D eigenvalue weighted by Gasteiger charge is 2.05. The molecular weight excluding hydrogens is 328 g/mol. The van der Waals surface area contributed by atoms with Crippen molar-refractivity contribution in [2.75, 3.05) is 11.9 Å². The highest BCUT2D eigenvalue weighted by molar-refractivity contribution is 5.89. The Hall–Kier alpha value is -3.41. The highest BCUT2D eigenvalue weighted by Crippen LogP contribution is 2.22. The van der Waals surface area contributed by atoms with Crippen LogP contribution in [0.2, 0.25) is 0 Å². The van der Waals surface area contributed by atoms with Crippen LogP contribution in [0, 0.1) is 6.92 Å². The van der Waals surface area contributed by atoms with Gasteiger partial charge in [0.2, 0.25) is 5.88 Å². The topological polar surface area (TPSA) is 76.1 Å². The molecule has 0 aliphatic heterocycles. The third-order valence-corrected chi connectivity index (χ3v) is 3.71. The van der Waals surface area contributed by atoms with E-state index in [4.69, 9.17) is 4.74 Å². The van der Waals surface area contributed by atoms with Crippen LogP contribution in [0.4, 0.5) is 10.5 Å². The monoisotopic (exact) mass is 348 g/mol. The average Bonchev–Trinajstić information content (AvgIpc) is 2.66. The smallest absolute Gasteiger partial charge is 0.319 e. The largest absolute Gasteiger partial charge is 0.437 e. The molecule has 6 nitrogen and oxygen atoms in total. The molecule has 0 radical (unpaired) electrons. The molecule has 2 N–H and O–H groups in total. The van der Waals surface area contributed by atoms with E-state index >= 15 is 0 Å². The Bertz CT molecular complexity index is 851. The Morgan fingerprint density at radius 3 is 2.62 bits per heavy atom. The fraction of sp³-hybridized carbons (Fsp3) is 0.150. The third-order valence-electron chi connectivity index (χ3n) is 3.71. The van der Waals surface area contributed by atoms with Crippen molar-refractivity contribution in [1.82, 2.24) is 15.3 Å². The van der Waals surface area contributed by atoms with Gasteiger partial charge in [-0.2, -0.15) is 0 Å². The maximum Gasteiger partial charge on any atom is 0.319 e. The highest BCUT2D eigenvalue weighted by atomic mass is 16.5. The fourth-order valence-electron chi connectivity index (χ4n) is 2.34. The van der Waals surface area contributed by atoms with Gasteiger partial charge >= 0.3 is 6.03 Å². The number of amides is 2. The molecule has 132 valence electrons. The number of carbonyl (C=O) groups excluding carboxylic acids is 1. The van der Waals surface area contributed by atoms with Crippen molar-refractivity contribution in [3.05, 3.63) is 78.2 Å². The van der Waals surface area contributed by atoms with E-state index in [-0.39, 0.29) is 6.03 Å². The molecule has 0 spiro atoms. The van der Waals surface area contributed by atoms with Crippen LogP contribution in [-0.4, -0.2) is 22.5 Å². The minimum absolute atomic E-state index is 0.264. The first-order valence-corrected chi connectivity index (χ1v) is 8.35. The van der Waals surface area contributed by atoms with Crippen LogP contribution >= 0.6 is 0 Å². The summed E-state index contributed by atoms with van der Waals surface area (Å²) in [5.41, 5.74) is 2.56. The van der Waals surface area contributed by atoms with E-state index in [2.05, 4.69) is 20.6 Å². The number of nitrogens with zero attached hydrogens (tertiary/aromatic N) is 2. The summed E-state index contributed by atoms with van der Waals surface area (Å²) in [7, 11) is 0. The summed E-state index contributed by atoms with van der Waals surface area (Å²) < 4.78 is 5.68. The summed E-state index contributed by atoms with van der Waals surface area (Å²) in [5.74, 6) is 1.09. The van der Waals surface area contributed by atoms with Crippen LogP contribution in [0.1, 0.15) is 11.3 Å². The maximum absolute atomic E-state index is 11.9. The van der Waals surface area contributed by atoms with Crippen molar-refractivity contribution >= 4 is 11.7 Å². The molecule has 26 heavy (non-hydrogen) atoms. The first-order valence-electron chi connectivity index (χ1n) is 8.35. The van der Waals surface area contributed by atoms with Gasteiger partial charge in [0.15, 0.2) is 5.75 Å². The number of hydrogen-bond donors (Lipinski definition) is 2. The molecule has 1 aromatic carbocycles. The second kappa shape index (κ2) is 8.62. The zero-order valence-electron chi connectivity index (χ0n) is 14.5. The van der Waals surface area contributed by atoms with Gasteiger partial charge in [0, 0.05) is 18.8 Å². The molecule has 2 amide bonds. The van der Waals surface area contributed by atoms with Crippen molar-refractivity contribution in [1.29, 1.82) is 0 Å². The number of aryl methyl sites for hydroxylation is 1. The quantitative estimate of drug-likeness (QED) is 0.707. The predicted molar refractivity (Wildman–Crippen MR) is 100 cm³/mol. The molecule has 3 rings (SSSR count). The standard InChI is InChI=1S/C20H20N4O2/c1-15-18(8-5-12-21-15)26-19-10-9-17(14-23-19)24-20(25)22-13-11-16-6-3-2-4-7-16/h2-10,12,14H,11,13H2,1H3,(H2,22,24,25). The van der Waals surface area contributed by atoms with Gasteiger partial charge in [-0.15, -0.1) is 0 Å². The van der Waals surface area contributed by atoms with E-state index in [1.807, 2.05) is 43.3 Å². The molecule has 6 heteroatoms. The second-order valence-electron chi connectivity index (χ2n) is 5.69. The third kappa shape index (κ3) is 5.04. The van der Waals surface area contributed by atoms with Gasteiger partial charge in [-0.3, -0.25) is 4.98 Å². The summed E-state index contributed by atoms with van der Waals surface area (Å²) in [6.07, 6.45) is 4.04. The molecular formula is C20H20N4O2. The van der Waals surface area contributed by atoms with Crippen LogP contribution < -0.4 is 15.4 Å². The first kappa shape index (κ1) is 17.4. The van der Waals surface area contributed by atoms with Crippen LogP contribution in [0.25, 0.3) is 0 Å². The number of aromatic nitrogens is 2. The molecule has 0 unspecified atom stereocenters. The summed E-state index contributed by atoms with van der Waals surface area (Å²) in [4.78, 5) is 20.3. The van der Waals surface area contributed by atoms with Gasteiger partial charge in [-0.05, 0) is 37.1 Å². The number of nitrogens with one attached hydrogen (secondary N) is 2. The van der Waals surface area contributed by atoms with Crippen molar-refractivity contribution in [3.63, 3.8) is 0 Å². The molecule has 0 atom stereocenters. The van der Waals surface area contributed by atoms with E-state index in [0.29, 0.717) is 23.9 Å². The van der Waals surface area contributed by atoms with Gasteiger partial charge in [0.25, 0.3) is 0 Å². The van der Waals surface area contributed by atoms with Gasteiger partial charge < -0.3 is 15.4 Å². The van der Waals surface area contributed by atoms with Crippen molar-refractivity contribution in [2.24, 2.45) is 0 Å². The second-order valence-corrected chi connectivity index (χ2v) is 5.69. The number of hydrogen-bond acceptors (Lipinski definition) is 4. The number of rotatable bonds is 6. The number of urea groups is 1. The van der Waals surface area contributed by atoms with Gasteiger partial charge in [0.05, 0.1) is 17.6 Å². The lowest BCUT2D eigenvalue weighted by Gasteiger charge is -2.09. The van der Waals surface area contributed by atoms with Gasteiger partial charge in [-0.25, -0.2) is 9.78 Å². The zero-order valence-corrected chi connectivity index (χ0v) is 14.5. The molecule has 0 saturated heterocycles. The minimum atomic E-state index is -0.264. The Labute approximate surface area is 152 Å². The van der Waals surface area contributed by atoms with Crippen LogP contribution in [0.15, 0.2) is 67.0 Å². The molecule has 2 heterocycles. The Morgan fingerprint density at radius 2 is 1.88 bits per heavy atom. The van der Waals surface area contributed by atoms with E-state index in [9.17, 15) is 4.79 Å². The summed E-state index contributed by atoms with van der Waals surface area (Å²) in [6, 6.07) is 16.8. The summed E-state index contributed by atoms with van der Waals surface area (Å²) >= 11 is 0. The number of anilines is 1. The van der Waals surface area contributed by atoms with E-state index in [1.165, 1.54) is 5.56 Å². The number of ether oxygens (including phenoxy) is 1. The minimum Gasteiger partial charge on any atom is -0.437 e. The molecule has 0 fully saturated rings. The van der Waals surface area contributed by atoms with Crippen molar-refractivity contribution in [3.8, 4) is 11.6 Å². The van der Waals surface area contributed by atoms with E-state index in [1.54, 1.807) is 30.6 Å². The lowest BCUT2D eigenvalue weighted by Crippen LogP contribution is -2.30. The summed E-state index contributed by atoms with van der Waals surface area (Å²) in [6.45, 7) is 2.43. The SMILES string of the molecule is Cc1ncccc1Oc1ccc(NC(=O)NCCc2ccccc2)cn1. The Kier molecular flexibility index (Phi) is 5.77. The molecule has 0 bridgehead atoms. The van der Waals surface area contributed by atoms with Gasteiger partial charge in [-0.1, -0.05) is 30.3 Å². The van der Waals surface area contributed by atoms with Gasteiger partial charge in [0.1, 0.15) is 0 Å². The van der Waals surface area contributed by atoms with E-state index in [0.717, 1.165) is 12.1 Å². The summed E-state index contributed by atoms with van der Waals surface area (Å²) in [5, 5.41) is 5.57. The van der Waals surface area contributed by atoms with Crippen molar-refractivity contribution < 1.29 is 9.53 Å². The molecule has 2 aromatic heterocycles. The first-order chi connectivity index (χ1) is 12.7. The van der Waals surface area contributed by atoms with E-state index < -0.39 is 0 Å².